The van der Waals surface area contributed by atoms with Crippen LogP contribution in [0.2, 0.25) is 0 Å². The lowest BCUT2D eigenvalue weighted by molar-refractivity contribution is 0.115. The monoisotopic (exact) mass is 368 g/mol. The Hall–Kier alpha value is -2.20. The quantitative estimate of drug-likeness (QED) is 0.379. The molecule has 1 fully saturated rings. The summed E-state index contributed by atoms with van der Waals surface area (Å²) >= 11 is 1.18. The smallest absolute Gasteiger partial charge is 0.182 e. The molecule has 0 spiro atoms. The van der Waals surface area contributed by atoms with E-state index >= 15 is 4.39 Å². The molecule has 1 heterocycles. The molecule has 1 aliphatic carbocycles. The first-order chi connectivity index (χ1) is 12.7. The zero-order chi connectivity index (χ0) is 17.8. The second kappa shape index (κ2) is 5.92. The zero-order valence-electron chi connectivity index (χ0n) is 14.4. The van der Waals surface area contributed by atoms with Gasteiger partial charge in [-0.1, -0.05) is 19.1 Å². The average molecular weight is 368 g/mol. The van der Waals surface area contributed by atoms with E-state index in [2.05, 4.69) is 6.92 Å². The molecule has 26 heavy (non-hydrogen) atoms. The highest BCUT2D eigenvalue weighted by atomic mass is 32.1. The summed E-state index contributed by atoms with van der Waals surface area (Å²) in [6.45, 7) is 2.05. The Morgan fingerprint density at radius 2 is 1.77 bits per heavy atom. The standard InChI is InChI=1S/C22H18F2OS/c1-2-12-6-7-13-11-17-15-8-9-18(25-14-4-3-5-14)20(24)21(15)26-22(17)19(23)16(13)10-12/h6-11,14H,2-5H2,1H3. The second-order valence-corrected chi connectivity index (χ2v) is 8.02. The molecule has 1 aromatic heterocycles. The Bertz CT molecular complexity index is 1160. The highest BCUT2D eigenvalue weighted by Crippen LogP contribution is 2.42. The minimum atomic E-state index is -0.367. The molecule has 3 aromatic carbocycles. The van der Waals surface area contributed by atoms with Crippen molar-refractivity contribution in [2.45, 2.75) is 38.7 Å². The van der Waals surface area contributed by atoms with Gasteiger partial charge in [-0.2, -0.15) is 0 Å². The van der Waals surface area contributed by atoms with Crippen molar-refractivity contribution in [2.24, 2.45) is 0 Å². The number of ether oxygens (including phenoxy) is 1. The normalized spacial score (nSPS) is 15.0. The summed E-state index contributed by atoms with van der Waals surface area (Å²) in [6, 6.07) is 11.4. The molecule has 0 aliphatic heterocycles. The van der Waals surface area contributed by atoms with Crippen molar-refractivity contribution >= 4 is 42.3 Å². The van der Waals surface area contributed by atoms with Crippen LogP contribution in [0.4, 0.5) is 8.78 Å². The van der Waals surface area contributed by atoms with E-state index in [-0.39, 0.29) is 23.5 Å². The maximum absolute atomic E-state index is 15.2. The van der Waals surface area contributed by atoms with Gasteiger partial charge in [0.1, 0.15) is 5.82 Å². The van der Waals surface area contributed by atoms with Gasteiger partial charge in [0.25, 0.3) is 0 Å². The summed E-state index contributed by atoms with van der Waals surface area (Å²) in [7, 11) is 0. The number of benzene rings is 3. The van der Waals surface area contributed by atoms with Crippen LogP contribution in [-0.4, -0.2) is 6.10 Å². The molecular formula is C22H18F2OS. The predicted octanol–water partition coefficient (Wildman–Crippen LogP) is 6.98. The molecule has 0 amide bonds. The molecule has 0 N–H and O–H groups in total. The fraction of sp³-hybridized carbons (Fsp3) is 0.273. The first kappa shape index (κ1) is 16.0. The molecule has 4 aromatic rings. The van der Waals surface area contributed by atoms with Crippen molar-refractivity contribution in [1.82, 2.24) is 0 Å². The Kier molecular flexibility index (Phi) is 3.64. The Morgan fingerprint density at radius 3 is 2.50 bits per heavy atom. The number of hydrogen-bond donors (Lipinski definition) is 0. The van der Waals surface area contributed by atoms with Crippen LogP contribution in [0.25, 0.3) is 30.9 Å². The van der Waals surface area contributed by atoms with E-state index in [0.717, 1.165) is 47.4 Å². The van der Waals surface area contributed by atoms with Crippen molar-refractivity contribution in [1.29, 1.82) is 0 Å². The number of aryl methyl sites for hydroxylation is 1. The summed E-state index contributed by atoms with van der Waals surface area (Å²) < 4.78 is 36.9. The predicted molar refractivity (Wildman–Crippen MR) is 104 cm³/mol. The van der Waals surface area contributed by atoms with Crippen LogP contribution in [0.5, 0.6) is 5.75 Å². The highest BCUT2D eigenvalue weighted by Gasteiger charge is 2.23. The maximum Gasteiger partial charge on any atom is 0.182 e. The van der Waals surface area contributed by atoms with Gasteiger partial charge in [-0.25, -0.2) is 8.78 Å². The third-order valence-corrected chi connectivity index (χ3v) is 6.61. The number of fused-ring (bicyclic) bond motifs is 4. The van der Waals surface area contributed by atoms with E-state index in [4.69, 9.17) is 4.74 Å². The summed E-state index contributed by atoms with van der Waals surface area (Å²) in [6.07, 6.45) is 4.06. The van der Waals surface area contributed by atoms with Crippen molar-refractivity contribution < 1.29 is 13.5 Å². The average Bonchev–Trinajstić information content (AvgIpc) is 2.99. The van der Waals surface area contributed by atoms with E-state index in [1.807, 2.05) is 30.3 Å². The van der Waals surface area contributed by atoms with Gasteiger partial charge >= 0.3 is 0 Å². The van der Waals surface area contributed by atoms with Crippen LogP contribution in [0, 0.1) is 11.6 Å². The summed E-state index contributed by atoms with van der Waals surface area (Å²) in [5.74, 6) is -0.338. The first-order valence-electron chi connectivity index (χ1n) is 9.08. The van der Waals surface area contributed by atoms with Gasteiger partial charge in [-0.15, -0.1) is 11.3 Å². The minimum absolute atomic E-state index is 0.114. The van der Waals surface area contributed by atoms with Crippen molar-refractivity contribution in [3.63, 3.8) is 0 Å². The van der Waals surface area contributed by atoms with Crippen LogP contribution in [0.1, 0.15) is 31.7 Å². The molecule has 0 atom stereocenters. The third kappa shape index (κ3) is 2.32. The zero-order valence-corrected chi connectivity index (χ0v) is 15.3. The third-order valence-electron chi connectivity index (χ3n) is 5.41. The molecule has 1 saturated carbocycles. The molecule has 0 saturated heterocycles. The Labute approximate surface area is 154 Å². The molecule has 4 heteroatoms. The molecule has 0 bridgehead atoms. The summed E-state index contributed by atoms with van der Waals surface area (Å²) in [5.41, 5.74) is 1.10. The number of halogens is 2. The fourth-order valence-corrected chi connectivity index (χ4v) is 4.77. The van der Waals surface area contributed by atoms with Gasteiger partial charge in [0, 0.05) is 16.2 Å². The molecule has 0 radical (unpaired) electrons. The largest absolute Gasteiger partial charge is 0.487 e. The van der Waals surface area contributed by atoms with E-state index in [0.29, 0.717) is 14.8 Å². The van der Waals surface area contributed by atoms with Crippen molar-refractivity contribution in [2.75, 3.05) is 0 Å². The Morgan fingerprint density at radius 1 is 0.962 bits per heavy atom. The molecule has 1 aliphatic rings. The van der Waals surface area contributed by atoms with Gasteiger partial charge in [0.15, 0.2) is 11.6 Å². The first-order valence-corrected chi connectivity index (χ1v) is 9.90. The summed E-state index contributed by atoms with van der Waals surface area (Å²) in [4.78, 5) is 0. The molecular weight excluding hydrogens is 350 g/mol. The molecule has 0 unspecified atom stereocenters. The van der Waals surface area contributed by atoms with Gasteiger partial charge in [0.2, 0.25) is 0 Å². The lowest BCUT2D eigenvalue weighted by Gasteiger charge is -2.26. The number of hydrogen-bond acceptors (Lipinski definition) is 2. The maximum atomic E-state index is 15.2. The fourth-order valence-electron chi connectivity index (χ4n) is 3.61. The van der Waals surface area contributed by atoms with Crippen molar-refractivity contribution in [3.05, 3.63) is 53.6 Å². The minimum Gasteiger partial charge on any atom is -0.487 e. The molecule has 132 valence electrons. The van der Waals surface area contributed by atoms with E-state index in [1.165, 1.54) is 11.3 Å². The van der Waals surface area contributed by atoms with Gasteiger partial charge < -0.3 is 4.74 Å². The summed E-state index contributed by atoms with van der Waals surface area (Å²) in [5, 5.41) is 2.98. The second-order valence-electron chi connectivity index (χ2n) is 7.00. The van der Waals surface area contributed by atoms with Crippen LogP contribution < -0.4 is 4.74 Å². The lowest BCUT2D eigenvalue weighted by atomic mass is 9.96. The van der Waals surface area contributed by atoms with Gasteiger partial charge in [-0.3, -0.25) is 0 Å². The topological polar surface area (TPSA) is 9.23 Å². The Balaban J connectivity index is 1.75. The van der Waals surface area contributed by atoms with Crippen LogP contribution in [0.15, 0.2) is 36.4 Å². The van der Waals surface area contributed by atoms with E-state index in [9.17, 15) is 4.39 Å². The number of rotatable bonds is 3. The van der Waals surface area contributed by atoms with E-state index < -0.39 is 0 Å². The molecule has 5 rings (SSSR count). The number of thiophene rings is 1. The van der Waals surface area contributed by atoms with E-state index in [1.54, 1.807) is 6.07 Å². The van der Waals surface area contributed by atoms with Crippen molar-refractivity contribution in [3.8, 4) is 5.75 Å². The van der Waals surface area contributed by atoms with Gasteiger partial charge in [0.05, 0.1) is 15.5 Å². The van der Waals surface area contributed by atoms with Crippen LogP contribution >= 0.6 is 11.3 Å². The highest BCUT2D eigenvalue weighted by molar-refractivity contribution is 7.26. The lowest BCUT2D eigenvalue weighted by Crippen LogP contribution is -2.24. The van der Waals surface area contributed by atoms with Gasteiger partial charge in [-0.05, 0) is 60.9 Å². The van der Waals surface area contributed by atoms with Crippen LogP contribution in [-0.2, 0) is 6.42 Å². The SMILES string of the molecule is CCc1ccc2cc3c(sc4c(F)c(OC5CCC5)ccc43)c(F)c2c1. The van der Waals surface area contributed by atoms with Crippen LogP contribution in [0.3, 0.4) is 0 Å². The molecule has 1 nitrogen and oxygen atoms in total.